The Morgan fingerprint density at radius 3 is 2.72 bits per heavy atom. The Hall–Kier alpha value is -0.820. The Morgan fingerprint density at radius 1 is 1.44 bits per heavy atom. The fourth-order valence-corrected chi connectivity index (χ4v) is 2.16. The fourth-order valence-electron chi connectivity index (χ4n) is 1.11. The van der Waals surface area contributed by atoms with Crippen molar-refractivity contribution in [2.24, 2.45) is 0 Å². The van der Waals surface area contributed by atoms with Crippen LogP contribution < -0.4 is 10.6 Å². The van der Waals surface area contributed by atoms with Crippen LogP contribution in [0.3, 0.4) is 0 Å². The molecule has 0 aliphatic carbocycles. The average Bonchev–Trinajstić information content (AvgIpc) is 2.33. The predicted octanol–water partition coefficient (Wildman–Crippen LogP) is 1.41. The van der Waals surface area contributed by atoms with Gasteiger partial charge in [0.05, 0.1) is 0 Å². The summed E-state index contributed by atoms with van der Waals surface area (Å²) < 4.78 is 0. The van der Waals surface area contributed by atoms with E-state index in [0.29, 0.717) is 18.7 Å². The van der Waals surface area contributed by atoms with Crippen molar-refractivity contribution in [3.05, 3.63) is 12.7 Å². The summed E-state index contributed by atoms with van der Waals surface area (Å²) in [6.07, 6.45) is 4.12. The van der Waals surface area contributed by atoms with E-state index in [2.05, 4.69) is 17.2 Å². The molecule has 3 N–H and O–H groups in total. The van der Waals surface area contributed by atoms with Crippen LogP contribution >= 0.6 is 23.5 Å². The van der Waals surface area contributed by atoms with Gasteiger partial charge in [-0.2, -0.15) is 23.5 Å². The fraction of sp³-hybridized carbons (Fsp3) is 0.636. The topological polar surface area (TPSA) is 78.4 Å². The lowest BCUT2D eigenvalue weighted by atomic mass is 10.2. The van der Waals surface area contributed by atoms with Gasteiger partial charge in [-0.1, -0.05) is 6.08 Å². The van der Waals surface area contributed by atoms with E-state index >= 15 is 0 Å². The number of carboxylic acid groups (broad SMARTS) is 1. The van der Waals surface area contributed by atoms with E-state index in [1.165, 1.54) is 0 Å². The van der Waals surface area contributed by atoms with Gasteiger partial charge in [-0.3, -0.25) is 0 Å². The average molecular weight is 292 g/mol. The number of carboxylic acids is 1. The third-order valence-electron chi connectivity index (χ3n) is 1.98. The van der Waals surface area contributed by atoms with E-state index < -0.39 is 18.0 Å². The van der Waals surface area contributed by atoms with Crippen LogP contribution in [0.5, 0.6) is 0 Å². The van der Waals surface area contributed by atoms with Crippen LogP contribution in [0.2, 0.25) is 0 Å². The molecule has 7 heteroatoms. The molecule has 0 aromatic heterocycles. The van der Waals surface area contributed by atoms with Gasteiger partial charge in [0.1, 0.15) is 6.04 Å². The Morgan fingerprint density at radius 2 is 2.17 bits per heavy atom. The molecule has 18 heavy (non-hydrogen) atoms. The van der Waals surface area contributed by atoms with E-state index in [-0.39, 0.29) is 0 Å². The highest BCUT2D eigenvalue weighted by atomic mass is 32.2. The predicted molar refractivity (Wildman–Crippen MR) is 78.5 cm³/mol. The molecule has 0 aromatic rings. The number of aliphatic carboxylic acids is 1. The molecule has 0 radical (unpaired) electrons. The third-order valence-corrected chi connectivity index (χ3v) is 3.59. The summed E-state index contributed by atoms with van der Waals surface area (Å²) in [5.74, 6) is 1.32. The summed E-state index contributed by atoms with van der Waals surface area (Å²) in [6, 6.07) is -1.25. The van der Waals surface area contributed by atoms with Crippen molar-refractivity contribution in [3.63, 3.8) is 0 Å². The molecule has 0 aliphatic rings. The van der Waals surface area contributed by atoms with Gasteiger partial charge >= 0.3 is 12.0 Å². The highest BCUT2D eigenvalue weighted by Gasteiger charge is 2.18. The quantitative estimate of drug-likeness (QED) is 0.419. The first-order chi connectivity index (χ1) is 8.61. The molecule has 1 unspecified atom stereocenters. The van der Waals surface area contributed by atoms with Gasteiger partial charge in [-0.25, -0.2) is 9.59 Å². The van der Waals surface area contributed by atoms with Gasteiger partial charge in [-0.15, -0.1) is 6.58 Å². The summed E-state index contributed by atoms with van der Waals surface area (Å²) in [6.45, 7) is 4.11. The molecule has 0 saturated heterocycles. The van der Waals surface area contributed by atoms with E-state index in [1.54, 1.807) is 29.6 Å². The number of amides is 2. The number of rotatable bonds is 10. The number of urea groups is 1. The number of hydrogen-bond donors (Lipinski definition) is 3. The van der Waals surface area contributed by atoms with Gasteiger partial charge in [0.25, 0.3) is 0 Å². The lowest BCUT2D eigenvalue weighted by Crippen LogP contribution is -2.46. The normalized spacial score (nSPS) is 11.6. The van der Waals surface area contributed by atoms with E-state index in [9.17, 15) is 9.59 Å². The Bertz CT molecular complexity index is 275. The molecule has 0 saturated carbocycles. The Labute approximate surface area is 116 Å². The second kappa shape index (κ2) is 11.3. The van der Waals surface area contributed by atoms with Crippen molar-refractivity contribution in [2.75, 3.05) is 30.1 Å². The van der Waals surface area contributed by atoms with E-state index in [0.717, 1.165) is 11.5 Å². The summed E-state index contributed by atoms with van der Waals surface area (Å²) >= 11 is 3.21. The molecule has 0 fully saturated rings. The number of hydrogen-bond acceptors (Lipinski definition) is 4. The summed E-state index contributed by atoms with van der Waals surface area (Å²) in [4.78, 5) is 22.3. The molecule has 5 nitrogen and oxygen atoms in total. The zero-order valence-corrected chi connectivity index (χ0v) is 12.1. The van der Waals surface area contributed by atoms with Gasteiger partial charge in [0.15, 0.2) is 0 Å². The van der Waals surface area contributed by atoms with Gasteiger partial charge < -0.3 is 15.7 Å². The van der Waals surface area contributed by atoms with Crippen molar-refractivity contribution in [3.8, 4) is 0 Å². The highest BCUT2D eigenvalue weighted by molar-refractivity contribution is 7.99. The maximum atomic E-state index is 11.4. The van der Waals surface area contributed by atoms with Crippen LogP contribution in [0.1, 0.15) is 6.42 Å². The molecule has 0 aromatic carbocycles. The van der Waals surface area contributed by atoms with Crippen molar-refractivity contribution >= 4 is 35.5 Å². The molecule has 104 valence electrons. The first-order valence-electron chi connectivity index (χ1n) is 5.56. The molecule has 1 atom stereocenters. The summed E-state index contributed by atoms with van der Waals surface area (Å²) in [5.41, 5.74) is 0. The van der Waals surface area contributed by atoms with Crippen molar-refractivity contribution < 1.29 is 14.7 Å². The molecule has 0 aliphatic heterocycles. The van der Waals surface area contributed by atoms with Crippen LogP contribution in [0, 0.1) is 0 Å². The van der Waals surface area contributed by atoms with Crippen molar-refractivity contribution in [1.29, 1.82) is 0 Å². The zero-order valence-electron chi connectivity index (χ0n) is 10.5. The lowest BCUT2D eigenvalue weighted by Gasteiger charge is -2.14. The largest absolute Gasteiger partial charge is 0.480 e. The molecule has 0 rings (SSSR count). The van der Waals surface area contributed by atoms with Crippen LogP contribution in [0.4, 0.5) is 4.79 Å². The standard InChI is InChI=1S/C11H20N2O3S2/c1-3-6-18-8-5-12-11(16)13-9(10(14)15)4-7-17-2/h3,9H,1,4-8H2,2H3,(H,14,15)(H2,12,13,16). The maximum Gasteiger partial charge on any atom is 0.326 e. The Kier molecular flexibility index (Phi) is 10.8. The second-order valence-electron chi connectivity index (χ2n) is 3.44. The molecule has 0 heterocycles. The van der Waals surface area contributed by atoms with Crippen LogP contribution in [0.25, 0.3) is 0 Å². The Balaban J connectivity index is 3.80. The van der Waals surface area contributed by atoms with E-state index in [4.69, 9.17) is 5.11 Å². The van der Waals surface area contributed by atoms with Crippen LogP contribution in [0.15, 0.2) is 12.7 Å². The number of thioether (sulfide) groups is 2. The van der Waals surface area contributed by atoms with Gasteiger partial charge in [-0.05, 0) is 18.4 Å². The van der Waals surface area contributed by atoms with Crippen LogP contribution in [-0.4, -0.2) is 53.2 Å². The lowest BCUT2D eigenvalue weighted by molar-refractivity contribution is -0.139. The number of carbonyl (C=O) groups is 2. The highest BCUT2D eigenvalue weighted by Crippen LogP contribution is 2.01. The first-order valence-corrected chi connectivity index (χ1v) is 8.11. The van der Waals surface area contributed by atoms with Crippen molar-refractivity contribution in [2.45, 2.75) is 12.5 Å². The first kappa shape index (κ1) is 17.2. The third kappa shape index (κ3) is 9.23. The minimum absolute atomic E-state index is 0.426. The molecule has 0 bridgehead atoms. The maximum absolute atomic E-state index is 11.4. The minimum atomic E-state index is -1.000. The second-order valence-corrected chi connectivity index (χ2v) is 5.57. The molecule has 2 amide bonds. The number of nitrogens with one attached hydrogen (secondary N) is 2. The van der Waals surface area contributed by atoms with Crippen LogP contribution in [-0.2, 0) is 4.79 Å². The van der Waals surface area contributed by atoms with E-state index in [1.807, 2.05) is 6.26 Å². The van der Waals surface area contributed by atoms with Gasteiger partial charge in [0, 0.05) is 18.1 Å². The molecular formula is C11H20N2O3S2. The SMILES string of the molecule is C=CCSCCNC(=O)NC(CCSC)C(=O)O. The molecular weight excluding hydrogens is 272 g/mol. The molecule has 0 spiro atoms. The summed E-state index contributed by atoms with van der Waals surface area (Å²) in [5, 5.41) is 14.0. The smallest absolute Gasteiger partial charge is 0.326 e. The van der Waals surface area contributed by atoms with Crippen molar-refractivity contribution in [1.82, 2.24) is 10.6 Å². The monoisotopic (exact) mass is 292 g/mol. The summed E-state index contributed by atoms with van der Waals surface area (Å²) in [7, 11) is 0. The number of carbonyl (C=O) groups excluding carboxylic acids is 1. The minimum Gasteiger partial charge on any atom is -0.480 e. The zero-order chi connectivity index (χ0) is 13.8. The van der Waals surface area contributed by atoms with Gasteiger partial charge in [0.2, 0.25) is 0 Å².